The molecule has 5 heteroatoms. The van der Waals surface area contributed by atoms with Crippen LogP contribution >= 0.6 is 11.6 Å². The molecule has 1 heterocycles. The Morgan fingerprint density at radius 3 is 2.62 bits per heavy atom. The van der Waals surface area contributed by atoms with E-state index in [4.69, 9.17) is 11.6 Å². The van der Waals surface area contributed by atoms with E-state index in [0.717, 1.165) is 12.8 Å². The van der Waals surface area contributed by atoms with E-state index in [9.17, 15) is 4.79 Å². The third-order valence-electron chi connectivity index (χ3n) is 2.19. The summed E-state index contributed by atoms with van der Waals surface area (Å²) in [6.45, 7) is 6.05. The standard InChI is InChI=1S/C11H16ClN3O/c1-4-7-11(2,3)13-10(16)8-5-6-9(12)15-14-8/h5-6H,4,7H2,1-3H3,(H,13,16). The van der Waals surface area contributed by atoms with Gasteiger partial charge in [0.1, 0.15) is 0 Å². The van der Waals surface area contributed by atoms with Crippen molar-refractivity contribution in [1.82, 2.24) is 15.5 Å². The van der Waals surface area contributed by atoms with Crippen LogP contribution in [0.1, 0.15) is 44.1 Å². The van der Waals surface area contributed by atoms with E-state index in [1.165, 1.54) is 0 Å². The Hall–Kier alpha value is -1.16. The van der Waals surface area contributed by atoms with Crippen molar-refractivity contribution in [3.8, 4) is 0 Å². The number of rotatable bonds is 4. The van der Waals surface area contributed by atoms with Crippen molar-refractivity contribution in [2.45, 2.75) is 39.2 Å². The average Bonchev–Trinajstić information content (AvgIpc) is 2.17. The molecule has 0 aliphatic carbocycles. The van der Waals surface area contributed by atoms with E-state index in [-0.39, 0.29) is 22.3 Å². The maximum atomic E-state index is 11.8. The molecular weight excluding hydrogens is 226 g/mol. The Morgan fingerprint density at radius 2 is 2.12 bits per heavy atom. The van der Waals surface area contributed by atoms with Gasteiger partial charge in [0.2, 0.25) is 0 Å². The van der Waals surface area contributed by atoms with Crippen LogP contribution in [0.25, 0.3) is 0 Å². The van der Waals surface area contributed by atoms with Crippen LogP contribution < -0.4 is 5.32 Å². The molecule has 1 aromatic rings. The number of aromatic nitrogens is 2. The predicted octanol–water partition coefficient (Wildman–Crippen LogP) is 2.44. The van der Waals surface area contributed by atoms with E-state index < -0.39 is 0 Å². The fourth-order valence-corrected chi connectivity index (χ4v) is 1.60. The van der Waals surface area contributed by atoms with Crippen molar-refractivity contribution in [2.24, 2.45) is 0 Å². The second-order valence-electron chi connectivity index (χ2n) is 4.33. The van der Waals surface area contributed by atoms with Crippen LogP contribution in [-0.4, -0.2) is 21.6 Å². The second kappa shape index (κ2) is 5.25. The maximum Gasteiger partial charge on any atom is 0.272 e. The summed E-state index contributed by atoms with van der Waals surface area (Å²) in [5, 5.41) is 10.5. The normalized spacial score (nSPS) is 11.2. The SMILES string of the molecule is CCCC(C)(C)NC(=O)c1ccc(Cl)nn1. The zero-order valence-electron chi connectivity index (χ0n) is 9.75. The van der Waals surface area contributed by atoms with E-state index in [2.05, 4.69) is 22.4 Å². The largest absolute Gasteiger partial charge is 0.346 e. The van der Waals surface area contributed by atoms with Crippen LogP contribution in [0.3, 0.4) is 0 Å². The summed E-state index contributed by atoms with van der Waals surface area (Å²) >= 11 is 5.59. The lowest BCUT2D eigenvalue weighted by molar-refractivity contribution is 0.0903. The van der Waals surface area contributed by atoms with E-state index in [1.54, 1.807) is 12.1 Å². The summed E-state index contributed by atoms with van der Waals surface area (Å²) in [5.74, 6) is -0.220. The van der Waals surface area contributed by atoms with Gasteiger partial charge in [0.25, 0.3) is 5.91 Å². The summed E-state index contributed by atoms with van der Waals surface area (Å²) in [4.78, 5) is 11.8. The zero-order chi connectivity index (χ0) is 12.2. The van der Waals surface area contributed by atoms with Crippen LogP contribution in [0.4, 0.5) is 0 Å². The number of nitrogens with one attached hydrogen (secondary N) is 1. The van der Waals surface area contributed by atoms with Gasteiger partial charge in [-0.3, -0.25) is 4.79 Å². The van der Waals surface area contributed by atoms with Gasteiger partial charge in [-0.05, 0) is 32.4 Å². The molecule has 0 spiro atoms. The highest BCUT2D eigenvalue weighted by atomic mass is 35.5. The molecule has 0 saturated carbocycles. The number of amides is 1. The fourth-order valence-electron chi connectivity index (χ4n) is 1.50. The topological polar surface area (TPSA) is 54.9 Å². The quantitative estimate of drug-likeness (QED) is 0.881. The summed E-state index contributed by atoms with van der Waals surface area (Å²) in [6.07, 6.45) is 1.93. The molecule has 0 radical (unpaired) electrons. The van der Waals surface area contributed by atoms with Crippen molar-refractivity contribution < 1.29 is 4.79 Å². The molecule has 0 bridgehead atoms. The third kappa shape index (κ3) is 3.77. The third-order valence-corrected chi connectivity index (χ3v) is 2.39. The summed E-state index contributed by atoms with van der Waals surface area (Å²) in [5.41, 5.74) is 0.0567. The van der Waals surface area contributed by atoms with Gasteiger partial charge in [-0.15, -0.1) is 10.2 Å². The number of hydrogen-bond acceptors (Lipinski definition) is 3. The maximum absolute atomic E-state index is 11.8. The van der Waals surface area contributed by atoms with Gasteiger partial charge in [0, 0.05) is 5.54 Å². The lowest BCUT2D eigenvalue weighted by Gasteiger charge is -2.25. The van der Waals surface area contributed by atoms with Crippen LogP contribution in [0.5, 0.6) is 0 Å². The van der Waals surface area contributed by atoms with Crippen LogP contribution in [0.2, 0.25) is 5.15 Å². The fraction of sp³-hybridized carbons (Fsp3) is 0.545. The highest BCUT2D eigenvalue weighted by Crippen LogP contribution is 2.11. The number of hydrogen-bond donors (Lipinski definition) is 1. The van der Waals surface area contributed by atoms with Crippen LogP contribution in [0, 0.1) is 0 Å². The summed E-state index contributed by atoms with van der Waals surface area (Å²) in [7, 11) is 0. The lowest BCUT2D eigenvalue weighted by atomic mass is 9.99. The number of nitrogens with zero attached hydrogens (tertiary/aromatic N) is 2. The zero-order valence-corrected chi connectivity index (χ0v) is 10.5. The summed E-state index contributed by atoms with van der Waals surface area (Å²) in [6, 6.07) is 3.11. The van der Waals surface area contributed by atoms with Crippen molar-refractivity contribution in [3.05, 3.63) is 23.0 Å². The number of carbonyl (C=O) groups is 1. The molecule has 16 heavy (non-hydrogen) atoms. The Labute approximate surface area is 100 Å². The van der Waals surface area contributed by atoms with E-state index in [1.807, 2.05) is 13.8 Å². The smallest absolute Gasteiger partial charge is 0.272 e. The van der Waals surface area contributed by atoms with Gasteiger partial charge in [-0.1, -0.05) is 24.9 Å². The molecule has 1 aromatic heterocycles. The van der Waals surface area contributed by atoms with Crippen molar-refractivity contribution in [1.29, 1.82) is 0 Å². The van der Waals surface area contributed by atoms with Gasteiger partial charge in [0.15, 0.2) is 10.8 Å². The molecule has 1 N–H and O–H groups in total. The van der Waals surface area contributed by atoms with Crippen LogP contribution in [0.15, 0.2) is 12.1 Å². The van der Waals surface area contributed by atoms with E-state index >= 15 is 0 Å². The number of halogens is 1. The Morgan fingerprint density at radius 1 is 1.44 bits per heavy atom. The van der Waals surface area contributed by atoms with Gasteiger partial charge in [0.05, 0.1) is 0 Å². The highest BCUT2D eigenvalue weighted by molar-refractivity contribution is 6.29. The number of carbonyl (C=O) groups excluding carboxylic acids is 1. The molecule has 0 unspecified atom stereocenters. The molecule has 0 saturated heterocycles. The molecule has 1 amide bonds. The predicted molar refractivity (Wildman–Crippen MR) is 63.5 cm³/mol. The van der Waals surface area contributed by atoms with Gasteiger partial charge < -0.3 is 5.32 Å². The van der Waals surface area contributed by atoms with E-state index in [0.29, 0.717) is 0 Å². The van der Waals surface area contributed by atoms with Crippen molar-refractivity contribution in [3.63, 3.8) is 0 Å². The van der Waals surface area contributed by atoms with Crippen molar-refractivity contribution in [2.75, 3.05) is 0 Å². The first-order chi connectivity index (χ1) is 7.44. The summed E-state index contributed by atoms with van der Waals surface area (Å²) < 4.78 is 0. The molecule has 4 nitrogen and oxygen atoms in total. The first kappa shape index (κ1) is 12.9. The van der Waals surface area contributed by atoms with Crippen LogP contribution in [-0.2, 0) is 0 Å². The molecule has 0 atom stereocenters. The molecule has 0 aromatic carbocycles. The van der Waals surface area contributed by atoms with Gasteiger partial charge in [-0.25, -0.2) is 0 Å². The second-order valence-corrected chi connectivity index (χ2v) is 4.72. The molecule has 0 aliphatic rings. The first-order valence-corrected chi connectivity index (χ1v) is 5.64. The minimum Gasteiger partial charge on any atom is -0.346 e. The minimum absolute atomic E-state index is 0.220. The average molecular weight is 242 g/mol. The Bertz CT molecular complexity index is 362. The Kier molecular flexibility index (Phi) is 4.24. The molecule has 88 valence electrons. The lowest BCUT2D eigenvalue weighted by Crippen LogP contribution is -2.43. The molecule has 0 fully saturated rings. The molecule has 0 aliphatic heterocycles. The Balaban J connectivity index is 2.69. The van der Waals surface area contributed by atoms with Crippen molar-refractivity contribution >= 4 is 17.5 Å². The molecular formula is C11H16ClN3O. The van der Waals surface area contributed by atoms with Gasteiger partial charge >= 0.3 is 0 Å². The first-order valence-electron chi connectivity index (χ1n) is 5.26. The van der Waals surface area contributed by atoms with Gasteiger partial charge in [-0.2, -0.15) is 0 Å². The highest BCUT2D eigenvalue weighted by Gasteiger charge is 2.20. The minimum atomic E-state index is -0.229. The monoisotopic (exact) mass is 241 g/mol. The molecule has 1 rings (SSSR count).